The molecule has 0 N–H and O–H groups in total. The van der Waals surface area contributed by atoms with E-state index in [4.69, 9.17) is 0 Å². The quantitative estimate of drug-likeness (QED) is 0.407. The third-order valence-corrected chi connectivity index (χ3v) is 0. The van der Waals surface area contributed by atoms with Crippen LogP contribution in [0, 0.1) is 0 Å². The van der Waals surface area contributed by atoms with Gasteiger partial charge in [-0.15, -0.1) is 0 Å². The second-order valence-electron chi connectivity index (χ2n) is 0.334. The van der Waals surface area contributed by atoms with Gasteiger partial charge in [0.1, 0.15) is 0 Å². The zero-order valence-electron chi connectivity index (χ0n) is 1.91. The average molecular weight is 200 g/mol. The molecule has 0 aromatic rings. The van der Waals surface area contributed by atoms with Crippen molar-refractivity contribution in [2.75, 3.05) is 0 Å². The van der Waals surface area contributed by atoms with Crippen molar-refractivity contribution >= 4 is 48.2 Å². The van der Waals surface area contributed by atoms with E-state index in [0.717, 1.165) is 0 Å². The molecule has 0 amide bonds. The Morgan fingerprint density at radius 3 is 1.50 bits per heavy atom. The summed E-state index contributed by atoms with van der Waals surface area (Å²) in [6.07, 6.45) is 0. The fourth-order valence-electron chi connectivity index (χ4n) is 0. The van der Waals surface area contributed by atoms with Gasteiger partial charge in [-0.3, -0.25) is 0 Å². The molecule has 0 atom stereocenters. The van der Waals surface area contributed by atoms with Crippen molar-refractivity contribution in [3.63, 3.8) is 0 Å². The molecule has 0 fully saturated rings. The summed E-state index contributed by atoms with van der Waals surface area (Å²) in [6, 6.07) is 0. The van der Waals surface area contributed by atoms with Gasteiger partial charge in [-0.2, -0.15) is 0 Å². The molecule has 4 heavy (non-hydrogen) atoms. The van der Waals surface area contributed by atoms with Crippen LogP contribution < -0.4 is 0 Å². The van der Waals surface area contributed by atoms with Crippen molar-refractivity contribution in [2.45, 2.75) is 2.60 Å². The Labute approximate surface area is 50.6 Å². The molecular formula is CHAlBr2+2. The zero-order chi connectivity index (χ0) is 3.58. The van der Waals surface area contributed by atoms with Crippen LogP contribution in [0.1, 0.15) is 0 Å². The van der Waals surface area contributed by atoms with Crippen LogP contribution >= 0.6 is 31.9 Å². The normalized spacial score (nSPS) is 9.25. The Bertz CT molecular complexity index is 10.8. The van der Waals surface area contributed by atoms with Gasteiger partial charge in [0.2, 0.25) is 0 Å². The molecule has 0 nitrogen and oxygen atoms in total. The molecule has 0 aliphatic rings. The van der Waals surface area contributed by atoms with Gasteiger partial charge in [0.25, 0.3) is 0 Å². The topological polar surface area (TPSA) is 0 Å². The van der Waals surface area contributed by atoms with Crippen molar-refractivity contribution in [3.05, 3.63) is 0 Å². The van der Waals surface area contributed by atoms with Gasteiger partial charge in [-0.25, -0.2) is 0 Å². The van der Waals surface area contributed by atoms with Gasteiger partial charge in [0.05, 0.1) is 0 Å². The van der Waals surface area contributed by atoms with E-state index in [1.54, 1.807) is 0 Å². The van der Waals surface area contributed by atoms with Crippen LogP contribution in [-0.2, 0) is 0 Å². The van der Waals surface area contributed by atoms with Gasteiger partial charge in [0.15, 0.2) is 0 Å². The number of rotatable bonds is 0. The summed E-state index contributed by atoms with van der Waals surface area (Å²) in [5, 5.41) is 0. The van der Waals surface area contributed by atoms with Crippen molar-refractivity contribution in [1.82, 2.24) is 0 Å². The first-order valence-electron chi connectivity index (χ1n) is 0.770. The van der Waals surface area contributed by atoms with Crippen molar-refractivity contribution in [1.29, 1.82) is 0 Å². The molecule has 0 spiro atoms. The van der Waals surface area contributed by atoms with Crippen LogP contribution in [0.25, 0.3) is 0 Å². The molecule has 0 unspecified atom stereocenters. The number of alkyl halides is 2. The molecule has 0 aromatic carbocycles. The number of hydrogen-bond donors (Lipinski definition) is 0. The summed E-state index contributed by atoms with van der Waals surface area (Å²) in [7, 11) is 0. The van der Waals surface area contributed by atoms with Gasteiger partial charge in [-0.1, -0.05) is 0 Å². The second-order valence-corrected chi connectivity index (χ2v) is 6.15. The maximum absolute atomic E-state index is 3.15. The van der Waals surface area contributed by atoms with E-state index in [9.17, 15) is 0 Å². The summed E-state index contributed by atoms with van der Waals surface area (Å²) < 4.78 is 0.375. The third kappa shape index (κ3) is 9.74. The van der Waals surface area contributed by atoms with Crippen LogP contribution in [0.15, 0.2) is 0 Å². The molecule has 0 saturated carbocycles. The van der Waals surface area contributed by atoms with E-state index in [0.29, 0.717) is 2.60 Å². The molecule has 0 rings (SSSR count). The summed E-state index contributed by atoms with van der Waals surface area (Å²) in [5.41, 5.74) is 0. The van der Waals surface area contributed by atoms with Gasteiger partial charge in [0, 0.05) is 0 Å². The summed E-state index contributed by atoms with van der Waals surface area (Å²) in [5.74, 6) is 0. The number of halogens is 2. The van der Waals surface area contributed by atoms with E-state index in [2.05, 4.69) is 48.2 Å². The van der Waals surface area contributed by atoms with Crippen LogP contribution in [0.4, 0.5) is 0 Å². The monoisotopic (exact) mass is 198 g/mol. The van der Waals surface area contributed by atoms with Crippen molar-refractivity contribution < 1.29 is 0 Å². The van der Waals surface area contributed by atoms with Gasteiger partial charge in [-0.05, 0) is 0 Å². The van der Waals surface area contributed by atoms with Crippen LogP contribution in [0.3, 0.4) is 0 Å². The van der Waals surface area contributed by atoms with Crippen LogP contribution in [0.5, 0.6) is 0 Å². The first kappa shape index (κ1) is 5.49. The van der Waals surface area contributed by atoms with Crippen LogP contribution in [0.2, 0.25) is 0 Å². The first-order chi connectivity index (χ1) is 1.73. The Balaban J connectivity index is 2.32. The van der Waals surface area contributed by atoms with E-state index in [-0.39, 0.29) is 0 Å². The van der Waals surface area contributed by atoms with E-state index in [1.165, 1.54) is 0 Å². The molecule has 0 heterocycles. The number of hydrogen-bond acceptors (Lipinski definition) is 0. The molecule has 0 saturated heterocycles. The minimum atomic E-state index is 0.375. The molecular weight excluding hydrogens is 199 g/mol. The molecule has 0 bridgehead atoms. The Kier molecular flexibility index (Phi) is 3.73. The third-order valence-electron chi connectivity index (χ3n) is 0. The predicted octanol–water partition coefficient (Wildman–Crippen LogP) is 1.23. The van der Waals surface area contributed by atoms with E-state index < -0.39 is 0 Å². The molecule has 3 heteroatoms. The van der Waals surface area contributed by atoms with Gasteiger partial charge < -0.3 is 0 Å². The zero-order valence-corrected chi connectivity index (χ0v) is 6.24. The fraction of sp³-hybridized carbons (Fsp3) is 1.00. The first-order valence-corrected chi connectivity index (χ1v) is 3.27. The van der Waals surface area contributed by atoms with Gasteiger partial charge >= 0.3 is 50.7 Å². The fourth-order valence-corrected chi connectivity index (χ4v) is 0. The van der Waals surface area contributed by atoms with Crippen molar-refractivity contribution in [3.8, 4) is 0 Å². The standard InChI is InChI=1S/CHBr2.Al/c2-1-3;/h1H;/q;+2. The summed E-state index contributed by atoms with van der Waals surface area (Å²) >= 11 is 8.79. The summed E-state index contributed by atoms with van der Waals surface area (Å²) in [6.45, 7) is 0. The molecule has 0 radical (unpaired) electrons. The predicted molar refractivity (Wildman–Crippen MR) is 27.4 cm³/mol. The Hall–Kier alpha value is 1.49. The second kappa shape index (κ2) is 2.72. The maximum atomic E-state index is 3.15. The van der Waals surface area contributed by atoms with E-state index in [1.807, 2.05) is 0 Å². The molecule has 20 valence electrons. The van der Waals surface area contributed by atoms with E-state index >= 15 is 0 Å². The molecule has 0 aliphatic heterocycles. The van der Waals surface area contributed by atoms with Crippen molar-refractivity contribution in [2.24, 2.45) is 0 Å². The minimum absolute atomic E-state index is 0.375. The molecule has 0 aromatic heterocycles. The Morgan fingerprint density at radius 1 is 1.50 bits per heavy atom. The average Bonchev–Trinajstić information content (AvgIpc) is 0.811. The summed E-state index contributed by atoms with van der Waals surface area (Å²) in [4.78, 5) is 0. The molecule has 0 aliphatic carbocycles. The SMILES string of the molecule is [Al+2][CH](Br)Br. The Morgan fingerprint density at radius 2 is 1.50 bits per heavy atom. The van der Waals surface area contributed by atoms with Crippen LogP contribution in [-0.4, -0.2) is 18.9 Å².